The molecule has 0 bridgehead atoms. The third kappa shape index (κ3) is 3.86. The van der Waals surface area contributed by atoms with Crippen molar-refractivity contribution in [2.75, 3.05) is 30.4 Å². The number of aromatic nitrogens is 2. The van der Waals surface area contributed by atoms with Crippen molar-refractivity contribution in [1.82, 2.24) is 10.3 Å². The van der Waals surface area contributed by atoms with Crippen LogP contribution in [0.1, 0.15) is 5.69 Å². The molecule has 1 aromatic carbocycles. The molecule has 24 heavy (non-hydrogen) atoms. The predicted molar refractivity (Wildman–Crippen MR) is 88.0 cm³/mol. The van der Waals surface area contributed by atoms with Crippen molar-refractivity contribution in [2.45, 2.75) is 0 Å². The number of anilines is 2. The minimum absolute atomic E-state index is 0.00628. The van der Waals surface area contributed by atoms with E-state index in [0.717, 1.165) is 4.90 Å². The number of carbonyl (C=O) groups is 1. The molecule has 3 N–H and O–H groups in total. The average Bonchev–Trinajstić information content (AvgIpc) is 3.04. The highest BCUT2D eigenvalue weighted by Gasteiger charge is 2.24. The number of oxime groups is 1. The van der Waals surface area contributed by atoms with E-state index in [9.17, 15) is 9.18 Å². The molecular weight excluding hydrogens is 387 g/mol. The van der Waals surface area contributed by atoms with Gasteiger partial charge >= 0.3 is 0 Å². The van der Waals surface area contributed by atoms with Crippen LogP contribution in [0.5, 0.6) is 0 Å². The Labute approximate surface area is 144 Å². The second-order valence-corrected chi connectivity index (χ2v) is 5.20. The highest BCUT2D eigenvalue weighted by Crippen LogP contribution is 2.25. The Morgan fingerprint density at radius 1 is 1.58 bits per heavy atom. The van der Waals surface area contributed by atoms with Crippen molar-refractivity contribution in [2.24, 2.45) is 10.9 Å². The highest BCUT2D eigenvalue weighted by atomic mass is 79.9. The van der Waals surface area contributed by atoms with E-state index in [2.05, 4.69) is 36.7 Å². The molecule has 128 valence electrons. The quantitative estimate of drug-likeness (QED) is 0.311. The van der Waals surface area contributed by atoms with Gasteiger partial charge in [-0.05, 0) is 44.4 Å². The summed E-state index contributed by atoms with van der Waals surface area (Å²) in [5.41, 5.74) is 5.91. The smallest absolute Gasteiger partial charge is 0.220 e. The fourth-order valence-corrected chi connectivity index (χ4v) is 2.16. The maximum absolute atomic E-state index is 13.4. The number of amides is 1. The van der Waals surface area contributed by atoms with E-state index < -0.39 is 5.82 Å². The number of amidine groups is 1. The molecular formula is C13H14BrFN6O3. The van der Waals surface area contributed by atoms with Gasteiger partial charge in [0.25, 0.3) is 0 Å². The topological polar surface area (TPSA) is 119 Å². The van der Waals surface area contributed by atoms with E-state index in [1.807, 2.05) is 0 Å². The summed E-state index contributed by atoms with van der Waals surface area (Å²) in [6.07, 6.45) is 0.485. The van der Waals surface area contributed by atoms with E-state index in [1.54, 1.807) is 0 Å². The normalized spacial score (nSPS) is 11.2. The van der Waals surface area contributed by atoms with Crippen LogP contribution in [0.4, 0.5) is 15.9 Å². The summed E-state index contributed by atoms with van der Waals surface area (Å²) < 4.78 is 18.3. The van der Waals surface area contributed by atoms with Crippen molar-refractivity contribution in [3.05, 3.63) is 34.2 Å². The van der Waals surface area contributed by atoms with Gasteiger partial charge in [0.2, 0.25) is 18.1 Å². The van der Waals surface area contributed by atoms with Gasteiger partial charge in [0, 0.05) is 13.1 Å². The third-order valence-corrected chi connectivity index (χ3v) is 3.44. The van der Waals surface area contributed by atoms with Crippen LogP contribution in [0.2, 0.25) is 0 Å². The lowest BCUT2D eigenvalue weighted by molar-refractivity contribution is -0.106. The number of carbonyl (C=O) groups excluding carboxylic acids is 1. The molecule has 0 saturated heterocycles. The first-order valence-corrected chi connectivity index (χ1v) is 7.49. The van der Waals surface area contributed by atoms with Gasteiger partial charge < -0.3 is 15.9 Å². The lowest BCUT2D eigenvalue weighted by atomic mass is 10.2. The molecule has 0 fully saturated rings. The molecule has 0 atom stereocenters. The van der Waals surface area contributed by atoms with Crippen molar-refractivity contribution < 1.29 is 18.7 Å². The Balaban J connectivity index is 2.45. The first-order chi connectivity index (χ1) is 11.6. The zero-order valence-electron chi connectivity index (χ0n) is 12.6. The second kappa shape index (κ2) is 8.36. The van der Waals surface area contributed by atoms with Gasteiger partial charge in [-0.15, -0.1) is 0 Å². The minimum atomic E-state index is -0.469. The van der Waals surface area contributed by atoms with Gasteiger partial charge in [-0.2, -0.15) is 0 Å². The van der Waals surface area contributed by atoms with Gasteiger partial charge in [0.05, 0.1) is 10.2 Å². The molecule has 1 heterocycles. The van der Waals surface area contributed by atoms with Crippen molar-refractivity contribution in [3.8, 4) is 0 Å². The number of rotatable bonds is 7. The molecule has 1 aromatic heterocycles. The van der Waals surface area contributed by atoms with Gasteiger partial charge in [-0.25, -0.2) is 9.02 Å². The van der Waals surface area contributed by atoms with Gasteiger partial charge in [-0.1, -0.05) is 5.16 Å². The van der Waals surface area contributed by atoms with Crippen LogP contribution in [-0.4, -0.2) is 42.8 Å². The largest absolute Gasteiger partial charge is 0.397 e. The van der Waals surface area contributed by atoms with Gasteiger partial charge in [-0.3, -0.25) is 9.69 Å². The summed E-state index contributed by atoms with van der Waals surface area (Å²) in [6.45, 7) is 0.760. The Hall–Kier alpha value is -2.53. The maximum atomic E-state index is 13.4. The summed E-state index contributed by atoms with van der Waals surface area (Å²) in [6, 6.07) is 4.02. The fourth-order valence-electron chi connectivity index (χ4n) is 1.80. The SMILES string of the molecule is CO/N=C(/c1nonc1NCCN)N(C=O)c1ccc(F)c(Br)c1. The lowest BCUT2D eigenvalue weighted by Gasteiger charge is -2.18. The molecule has 1 amide bonds. The molecule has 0 spiro atoms. The van der Waals surface area contributed by atoms with Crippen molar-refractivity contribution in [1.29, 1.82) is 0 Å². The molecule has 0 aliphatic heterocycles. The molecule has 11 heteroatoms. The number of hydrogen-bond acceptors (Lipinski definition) is 8. The Bertz CT molecular complexity index is 738. The van der Waals surface area contributed by atoms with Crippen LogP contribution in [0.25, 0.3) is 0 Å². The monoisotopic (exact) mass is 400 g/mol. The summed E-state index contributed by atoms with van der Waals surface area (Å²) in [4.78, 5) is 17.5. The van der Waals surface area contributed by atoms with Crippen LogP contribution in [0.3, 0.4) is 0 Å². The van der Waals surface area contributed by atoms with E-state index in [4.69, 9.17) is 15.2 Å². The van der Waals surface area contributed by atoms with Crippen LogP contribution < -0.4 is 16.0 Å². The molecule has 9 nitrogen and oxygen atoms in total. The van der Waals surface area contributed by atoms with Gasteiger partial charge in [0.1, 0.15) is 12.9 Å². The summed E-state index contributed by atoms with van der Waals surface area (Å²) >= 11 is 3.07. The van der Waals surface area contributed by atoms with Crippen LogP contribution >= 0.6 is 15.9 Å². The predicted octanol–water partition coefficient (Wildman–Crippen LogP) is 1.31. The van der Waals surface area contributed by atoms with Crippen molar-refractivity contribution >= 4 is 39.7 Å². The molecule has 0 unspecified atom stereocenters. The number of benzene rings is 1. The molecule has 0 aliphatic rings. The molecule has 2 aromatic rings. The van der Waals surface area contributed by atoms with E-state index in [0.29, 0.717) is 25.2 Å². The Kier molecular flexibility index (Phi) is 6.21. The van der Waals surface area contributed by atoms with E-state index in [-0.39, 0.29) is 21.8 Å². The minimum Gasteiger partial charge on any atom is -0.397 e. The Morgan fingerprint density at radius 3 is 3.00 bits per heavy atom. The number of halogens is 2. The van der Waals surface area contributed by atoms with Crippen LogP contribution in [0.15, 0.2) is 32.5 Å². The number of nitrogens with zero attached hydrogens (tertiary/aromatic N) is 4. The zero-order chi connectivity index (χ0) is 17.5. The number of nitrogens with one attached hydrogen (secondary N) is 1. The Morgan fingerprint density at radius 2 is 2.38 bits per heavy atom. The standard InChI is InChI=1S/C13H14BrFN6O3/c1-23-20-13(11-12(17-5-4-16)19-24-18-11)21(7-22)8-2-3-10(15)9(14)6-8/h2-3,6-7H,4-5,16H2,1H3,(H,17,19)/b20-13-. The van der Waals surface area contributed by atoms with E-state index in [1.165, 1.54) is 25.3 Å². The van der Waals surface area contributed by atoms with Crippen LogP contribution in [0, 0.1) is 5.82 Å². The number of hydrogen-bond donors (Lipinski definition) is 2. The maximum Gasteiger partial charge on any atom is 0.220 e. The third-order valence-electron chi connectivity index (χ3n) is 2.83. The molecule has 2 rings (SSSR count). The lowest BCUT2D eigenvalue weighted by Crippen LogP contribution is -2.32. The summed E-state index contributed by atoms with van der Waals surface area (Å²) in [5.74, 6) is -0.223. The first-order valence-electron chi connectivity index (χ1n) is 6.70. The fraction of sp³-hybridized carbons (Fsp3) is 0.231. The first kappa shape index (κ1) is 17.8. The molecule has 0 aliphatic carbocycles. The summed E-state index contributed by atoms with van der Waals surface area (Å²) in [5, 5.41) is 14.1. The highest BCUT2D eigenvalue weighted by molar-refractivity contribution is 9.10. The average molecular weight is 401 g/mol. The van der Waals surface area contributed by atoms with Crippen LogP contribution in [-0.2, 0) is 9.63 Å². The van der Waals surface area contributed by atoms with E-state index >= 15 is 0 Å². The molecule has 0 saturated carbocycles. The van der Waals surface area contributed by atoms with Gasteiger partial charge in [0.15, 0.2) is 5.69 Å². The zero-order valence-corrected chi connectivity index (χ0v) is 14.2. The second-order valence-electron chi connectivity index (χ2n) is 4.35. The molecule has 0 radical (unpaired) electrons. The summed E-state index contributed by atoms with van der Waals surface area (Å²) in [7, 11) is 1.31. The van der Waals surface area contributed by atoms with Crippen molar-refractivity contribution in [3.63, 3.8) is 0 Å². The number of nitrogens with two attached hydrogens (primary N) is 1.